The quantitative estimate of drug-likeness (QED) is 0.547. The summed E-state index contributed by atoms with van der Waals surface area (Å²) in [6, 6.07) is 1.85. The Labute approximate surface area is 86.9 Å². The van der Waals surface area contributed by atoms with Gasteiger partial charge in [0.25, 0.3) is 0 Å². The van der Waals surface area contributed by atoms with Crippen LogP contribution in [0, 0.1) is 12.3 Å². The number of hydrogen-bond acceptors (Lipinski definition) is 3. The molecule has 0 saturated heterocycles. The molecular weight excluding hydrogens is 196 g/mol. The summed E-state index contributed by atoms with van der Waals surface area (Å²) in [4.78, 5) is 12.3. The zero-order valence-electron chi connectivity index (χ0n) is 7.87. The highest BCUT2D eigenvalue weighted by Gasteiger charge is 2.44. The lowest BCUT2D eigenvalue weighted by Crippen LogP contribution is -2.01. The molecule has 0 aliphatic heterocycles. The van der Waals surface area contributed by atoms with Gasteiger partial charge < -0.3 is 4.74 Å². The molecule has 0 bridgehead atoms. The molecule has 72 valence electrons. The second kappa shape index (κ2) is 3.14. The average molecular weight is 206 g/mol. The van der Waals surface area contributed by atoms with Crippen LogP contribution in [0.25, 0.3) is 0 Å². The fourth-order valence-corrected chi connectivity index (χ4v) is 2.50. The van der Waals surface area contributed by atoms with Gasteiger partial charge in [-0.15, -0.1) is 17.8 Å². The van der Waals surface area contributed by atoms with Gasteiger partial charge in [0.2, 0.25) is 0 Å². The van der Waals surface area contributed by atoms with E-state index in [1.165, 1.54) is 7.11 Å². The minimum absolute atomic E-state index is 0.0725. The topological polar surface area (TPSA) is 26.3 Å². The first-order chi connectivity index (χ1) is 6.72. The third-order valence-electron chi connectivity index (χ3n) is 2.52. The van der Waals surface area contributed by atoms with E-state index in [2.05, 4.69) is 10.7 Å². The van der Waals surface area contributed by atoms with Gasteiger partial charge >= 0.3 is 5.97 Å². The van der Waals surface area contributed by atoms with Gasteiger partial charge in [0.05, 0.1) is 18.1 Å². The van der Waals surface area contributed by atoms with Gasteiger partial charge in [-0.3, -0.25) is 0 Å². The first kappa shape index (κ1) is 9.29. The van der Waals surface area contributed by atoms with Crippen LogP contribution >= 0.6 is 11.3 Å². The summed E-state index contributed by atoms with van der Waals surface area (Å²) in [6.07, 6.45) is 7.52. The van der Waals surface area contributed by atoms with Gasteiger partial charge in [-0.05, 0) is 18.9 Å². The average Bonchev–Trinajstić information content (AvgIpc) is 2.87. The number of methoxy groups -OCH3 is 1. The van der Waals surface area contributed by atoms with Crippen LogP contribution in [-0.2, 0) is 10.2 Å². The number of ether oxygens (including phenoxy) is 1. The molecule has 0 atom stereocenters. The van der Waals surface area contributed by atoms with Crippen LogP contribution in [0.3, 0.4) is 0 Å². The Morgan fingerprint density at radius 2 is 2.43 bits per heavy atom. The zero-order valence-corrected chi connectivity index (χ0v) is 8.69. The molecule has 0 aromatic carbocycles. The molecule has 1 aromatic rings. The first-order valence-corrected chi connectivity index (χ1v) is 5.25. The summed E-state index contributed by atoms with van der Waals surface area (Å²) in [5.74, 6) is 2.51. The van der Waals surface area contributed by atoms with Crippen molar-refractivity contribution in [1.82, 2.24) is 0 Å². The summed E-state index contributed by atoms with van der Waals surface area (Å²) < 4.78 is 4.63. The Morgan fingerprint density at radius 1 is 1.71 bits per heavy atom. The van der Waals surface area contributed by atoms with Crippen molar-refractivity contribution in [1.29, 1.82) is 0 Å². The van der Waals surface area contributed by atoms with Crippen molar-refractivity contribution in [3.8, 4) is 12.3 Å². The molecule has 1 heterocycles. The molecule has 3 heteroatoms. The van der Waals surface area contributed by atoms with Crippen LogP contribution in [-0.4, -0.2) is 13.1 Å². The van der Waals surface area contributed by atoms with Crippen LogP contribution in [0.15, 0.2) is 11.4 Å². The lowest BCUT2D eigenvalue weighted by Gasteiger charge is -2.01. The van der Waals surface area contributed by atoms with Crippen molar-refractivity contribution >= 4 is 17.3 Å². The fraction of sp³-hybridized carbons (Fsp3) is 0.364. The molecule has 0 N–H and O–H groups in total. The standard InChI is InChI=1S/C11H10O2S/c1-3-11(4-5-11)9-6-8(7-14-9)10(12)13-2/h1,6-7H,4-5H2,2H3. The number of carbonyl (C=O) groups excluding carboxylic acids is 1. The van der Waals surface area contributed by atoms with Crippen LogP contribution in [0.5, 0.6) is 0 Å². The highest BCUT2D eigenvalue weighted by Crippen LogP contribution is 2.49. The smallest absolute Gasteiger partial charge is 0.338 e. The molecule has 2 nitrogen and oxygen atoms in total. The summed E-state index contributed by atoms with van der Waals surface area (Å²) >= 11 is 1.54. The van der Waals surface area contributed by atoms with Crippen LogP contribution in [0.1, 0.15) is 28.1 Å². The maximum Gasteiger partial charge on any atom is 0.338 e. The molecule has 0 amide bonds. The molecule has 1 saturated carbocycles. The Bertz CT molecular complexity index is 407. The van der Waals surface area contributed by atoms with Crippen molar-refractivity contribution in [2.45, 2.75) is 18.3 Å². The molecule has 1 aliphatic rings. The largest absolute Gasteiger partial charge is 0.465 e. The van der Waals surface area contributed by atoms with Crippen LogP contribution in [0.4, 0.5) is 0 Å². The van der Waals surface area contributed by atoms with E-state index in [4.69, 9.17) is 6.42 Å². The van der Waals surface area contributed by atoms with E-state index in [-0.39, 0.29) is 11.4 Å². The van der Waals surface area contributed by atoms with E-state index in [9.17, 15) is 4.79 Å². The van der Waals surface area contributed by atoms with Crippen molar-refractivity contribution in [3.63, 3.8) is 0 Å². The van der Waals surface area contributed by atoms with Gasteiger partial charge in [0.1, 0.15) is 0 Å². The Balaban J connectivity index is 2.27. The van der Waals surface area contributed by atoms with Gasteiger partial charge in [-0.25, -0.2) is 4.79 Å². The maximum atomic E-state index is 11.2. The van der Waals surface area contributed by atoms with Gasteiger partial charge in [-0.2, -0.15) is 0 Å². The molecular formula is C11H10O2S. The molecule has 14 heavy (non-hydrogen) atoms. The lowest BCUT2D eigenvalue weighted by atomic mass is 10.1. The highest BCUT2D eigenvalue weighted by atomic mass is 32.1. The third kappa shape index (κ3) is 1.32. The number of thiophene rings is 1. The third-order valence-corrected chi connectivity index (χ3v) is 3.65. The first-order valence-electron chi connectivity index (χ1n) is 4.37. The van der Waals surface area contributed by atoms with E-state index in [1.807, 2.05) is 6.07 Å². The number of terminal acetylenes is 1. The molecule has 2 rings (SSSR count). The minimum Gasteiger partial charge on any atom is -0.465 e. The number of esters is 1. The highest BCUT2D eigenvalue weighted by molar-refractivity contribution is 7.10. The SMILES string of the molecule is C#CC1(c2cc(C(=O)OC)cs2)CC1. The van der Waals surface area contributed by atoms with E-state index < -0.39 is 0 Å². The number of hydrogen-bond donors (Lipinski definition) is 0. The van der Waals surface area contributed by atoms with E-state index in [0.29, 0.717) is 5.56 Å². The monoisotopic (exact) mass is 206 g/mol. The van der Waals surface area contributed by atoms with E-state index >= 15 is 0 Å². The second-order valence-electron chi connectivity index (χ2n) is 3.42. The summed E-state index contributed by atoms with van der Waals surface area (Å²) in [5.41, 5.74) is 0.533. The summed E-state index contributed by atoms with van der Waals surface area (Å²) in [5, 5.41) is 1.80. The Morgan fingerprint density at radius 3 is 2.93 bits per heavy atom. The Hall–Kier alpha value is -1.27. The predicted molar refractivity (Wildman–Crippen MR) is 55.4 cm³/mol. The summed E-state index contributed by atoms with van der Waals surface area (Å²) in [7, 11) is 1.38. The number of rotatable bonds is 2. The molecule has 0 radical (unpaired) electrons. The lowest BCUT2D eigenvalue weighted by molar-refractivity contribution is 0.0601. The summed E-state index contributed by atoms with van der Waals surface area (Å²) in [6.45, 7) is 0. The van der Waals surface area contributed by atoms with Gasteiger partial charge in [0, 0.05) is 10.3 Å². The van der Waals surface area contributed by atoms with Gasteiger partial charge in [-0.1, -0.05) is 5.92 Å². The van der Waals surface area contributed by atoms with Crippen LogP contribution < -0.4 is 0 Å². The molecule has 1 aliphatic carbocycles. The Kier molecular flexibility index (Phi) is 2.09. The fourth-order valence-electron chi connectivity index (χ4n) is 1.40. The van der Waals surface area contributed by atoms with Crippen molar-refractivity contribution < 1.29 is 9.53 Å². The predicted octanol–water partition coefficient (Wildman–Crippen LogP) is 2.20. The van der Waals surface area contributed by atoms with Crippen LogP contribution in [0.2, 0.25) is 0 Å². The minimum atomic E-state index is -0.291. The maximum absolute atomic E-state index is 11.2. The van der Waals surface area contributed by atoms with E-state index in [0.717, 1.165) is 17.7 Å². The molecule has 0 unspecified atom stereocenters. The normalized spacial score (nSPS) is 17.1. The molecule has 0 spiro atoms. The van der Waals surface area contributed by atoms with Gasteiger partial charge in [0.15, 0.2) is 0 Å². The number of carbonyl (C=O) groups is 1. The van der Waals surface area contributed by atoms with Crippen molar-refractivity contribution in [2.75, 3.05) is 7.11 Å². The van der Waals surface area contributed by atoms with Crippen molar-refractivity contribution in [2.24, 2.45) is 0 Å². The molecule has 1 fully saturated rings. The van der Waals surface area contributed by atoms with Crippen molar-refractivity contribution in [3.05, 3.63) is 21.9 Å². The second-order valence-corrected chi connectivity index (χ2v) is 4.33. The zero-order chi connectivity index (χ0) is 10.2. The molecule has 1 aromatic heterocycles. The van der Waals surface area contributed by atoms with E-state index in [1.54, 1.807) is 16.7 Å².